The molecular formula is C13H17ClN2O2. The van der Waals surface area contributed by atoms with E-state index in [0.29, 0.717) is 16.3 Å². The second-order valence-corrected chi connectivity index (χ2v) is 5.01. The summed E-state index contributed by atoms with van der Waals surface area (Å²) in [5.74, 6) is -0.170. The van der Waals surface area contributed by atoms with Crippen LogP contribution in [0.1, 0.15) is 29.6 Å². The number of methoxy groups -OCH3 is 1. The fraction of sp³-hybridized carbons (Fsp3) is 0.462. The number of nitrogens with one attached hydrogen (secondary N) is 1. The summed E-state index contributed by atoms with van der Waals surface area (Å²) >= 11 is 5.87. The second kappa shape index (κ2) is 5.59. The fourth-order valence-electron chi connectivity index (χ4n) is 2.27. The summed E-state index contributed by atoms with van der Waals surface area (Å²) in [6, 6.07) is 5.06. The standard InChI is InChI=1S/C13H17ClN2O2/c1-18-10-4-3-9(7-10)16-13(17)11-6-8(14)2-5-12(11)15/h2,5-6,9-10H,3-4,7,15H2,1H3,(H,16,17). The average Bonchev–Trinajstić information content (AvgIpc) is 2.80. The molecule has 2 atom stereocenters. The molecule has 0 heterocycles. The van der Waals surface area contributed by atoms with Crippen LogP contribution in [0.2, 0.25) is 5.02 Å². The van der Waals surface area contributed by atoms with Crippen molar-refractivity contribution in [3.05, 3.63) is 28.8 Å². The molecule has 1 aliphatic carbocycles. The van der Waals surface area contributed by atoms with E-state index in [1.54, 1.807) is 25.3 Å². The highest BCUT2D eigenvalue weighted by Gasteiger charge is 2.26. The molecule has 0 radical (unpaired) electrons. The number of benzene rings is 1. The number of anilines is 1. The van der Waals surface area contributed by atoms with Gasteiger partial charge in [0.05, 0.1) is 11.7 Å². The summed E-state index contributed by atoms with van der Waals surface area (Å²) in [7, 11) is 1.70. The van der Waals surface area contributed by atoms with Crippen molar-refractivity contribution in [3.8, 4) is 0 Å². The maximum Gasteiger partial charge on any atom is 0.253 e. The molecule has 0 aliphatic heterocycles. The molecule has 1 aliphatic rings. The quantitative estimate of drug-likeness (QED) is 0.826. The lowest BCUT2D eigenvalue weighted by molar-refractivity contribution is 0.0916. The van der Waals surface area contributed by atoms with Crippen molar-refractivity contribution in [1.82, 2.24) is 5.32 Å². The summed E-state index contributed by atoms with van der Waals surface area (Å²) in [6.45, 7) is 0. The third kappa shape index (κ3) is 2.94. The fourth-order valence-corrected chi connectivity index (χ4v) is 2.45. The minimum atomic E-state index is -0.170. The third-order valence-corrected chi connectivity index (χ3v) is 3.55. The average molecular weight is 269 g/mol. The van der Waals surface area contributed by atoms with Gasteiger partial charge in [-0.15, -0.1) is 0 Å². The van der Waals surface area contributed by atoms with E-state index in [4.69, 9.17) is 22.1 Å². The first-order chi connectivity index (χ1) is 8.60. The maximum atomic E-state index is 12.1. The molecule has 2 rings (SSSR count). The van der Waals surface area contributed by atoms with Gasteiger partial charge in [0.25, 0.3) is 5.91 Å². The van der Waals surface area contributed by atoms with Gasteiger partial charge in [-0.25, -0.2) is 0 Å². The van der Waals surface area contributed by atoms with Crippen molar-refractivity contribution in [1.29, 1.82) is 0 Å². The highest BCUT2D eigenvalue weighted by atomic mass is 35.5. The zero-order chi connectivity index (χ0) is 13.1. The van der Waals surface area contributed by atoms with E-state index in [1.807, 2.05) is 0 Å². The molecule has 1 amide bonds. The van der Waals surface area contributed by atoms with E-state index in [2.05, 4.69) is 5.32 Å². The molecular weight excluding hydrogens is 252 g/mol. The van der Waals surface area contributed by atoms with Crippen LogP contribution in [0.4, 0.5) is 5.69 Å². The molecule has 1 saturated carbocycles. The van der Waals surface area contributed by atoms with Crippen LogP contribution in [0.3, 0.4) is 0 Å². The predicted octanol–water partition coefficient (Wildman–Crippen LogP) is 2.22. The van der Waals surface area contributed by atoms with E-state index in [0.717, 1.165) is 19.3 Å². The molecule has 0 aromatic heterocycles. The van der Waals surface area contributed by atoms with Crippen molar-refractivity contribution in [3.63, 3.8) is 0 Å². The second-order valence-electron chi connectivity index (χ2n) is 4.57. The summed E-state index contributed by atoms with van der Waals surface area (Å²) in [5, 5.41) is 3.48. The lowest BCUT2D eigenvalue weighted by atomic mass is 10.1. The number of carbonyl (C=O) groups excluding carboxylic acids is 1. The summed E-state index contributed by atoms with van der Waals surface area (Å²) in [4.78, 5) is 12.1. The largest absolute Gasteiger partial charge is 0.398 e. The van der Waals surface area contributed by atoms with Gasteiger partial charge in [-0.3, -0.25) is 4.79 Å². The van der Waals surface area contributed by atoms with Crippen LogP contribution in [0, 0.1) is 0 Å². The molecule has 0 saturated heterocycles. The molecule has 1 fully saturated rings. The van der Waals surface area contributed by atoms with E-state index >= 15 is 0 Å². The molecule has 5 heteroatoms. The molecule has 18 heavy (non-hydrogen) atoms. The molecule has 2 unspecified atom stereocenters. The van der Waals surface area contributed by atoms with Crippen LogP contribution >= 0.6 is 11.6 Å². The molecule has 1 aromatic carbocycles. The van der Waals surface area contributed by atoms with E-state index in [-0.39, 0.29) is 18.1 Å². The van der Waals surface area contributed by atoms with Crippen molar-refractivity contribution in [2.24, 2.45) is 0 Å². The van der Waals surface area contributed by atoms with Gasteiger partial charge in [0.2, 0.25) is 0 Å². The van der Waals surface area contributed by atoms with Crippen molar-refractivity contribution in [2.45, 2.75) is 31.4 Å². The first-order valence-electron chi connectivity index (χ1n) is 5.99. The van der Waals surface area contributed by atoms with Crippen LogP contribution in [-0.2, 0) is 4.74 Å². The lowest BCUT2D eigenvalue weighted by Crippen LogP contribution is -2.33. The van der Waals surface area contributed by atoms with E-state index < -0.39 is 0 Å². The van der Waals surface area contributed by atoms with Crippen LogP contribution in [-0.4, -0.2) is 25.2 Å². The Balaban J connectivity index is 2.02. The van der Waals surface area contributed by atoms with Gasteiger partial charge < -0.3 is 15.8 Å². The van der Waals surface area contributed by atoms with Crippen LogP contribution in [0.15, 0.2) is 18.2 Å². The number of hydrogen-bond acceptors (Lipinski definition) is 3. The summed E-state index contributed by atoms with van der Waals surface area (Å²) < 4.78 is 5.27. The summed E-state index contributed by atoms with van der Waals surface area (Å²) in [5.41, 5.74) is 6.65. The van der Waals surface area contributed by atoms with Crippen LogP contribution < -0.4 is 11.1 Å². The number of rotatable bonds is 3. The number of carbonyl (C=O) groups is 1. The normalized spacial score (nSPS) is 23.0. The highest BCUT2D eigenvalue weighted by molar-refractivity contribution is 6.31. The van der Waals surface area contributed by atoms with Crippen LogP contribution in [0.5, 0.6) is 0 Å². The number of nitrogens with two attached hydrogens (primary N) is 1. The summed E-state index contributed by atoms with van der Waals surface area (Å²) in [6.07, 6.45) is 3.01. The smallest absolute Gasteiger partial charge is 0.253 e. The Labute approximate surface area is 111 Å². The maximum absolute atomic E-state index is 12.1. The molecule has 4 nitrogen and oxygen atoms in total. The van der Waals surface area contributed by atoms with E-state index in [9.17, 15) is 4.79 Å². The Morgan fingerprint density at radius 2 is 2.28 bits per heavy atom. The Kier molecular flexibility index (Phi) is 4.09. The Hall–Kier alpha value is -1.26. The van der Waals surface area contributed by atoms with Crippen LogP contribution in [0.25, 0.3) is 0 Å². The highest BCUT2D eigenvalue weighted by Crippen LogP contribution is 2.23. The Morgan fingerprint density at radius 3 is 2.94 bits per heavy atom. The first kappa shape index (κ1) is 13.2. The zero-order valence-corrected chi connectivity index (χ0v) is 11.0. The number of amides is 1. The molecule has 1 aromatic rings. The topological polar surface area (TPSA) is 64.3 Å². The van der Waals surface area contributed by atoms with Crippen molar-refractivity contribution < 1.29 is 9.53 Å². The number of hydrogen-bond donors (Lipinski definition) is 2. The van der Waals surface area contributed by atoms with Gasteiger partial charge in [0, 0.05) is 23.9 Å². The van der Waals surface area contributed by atoms with Crippen molar-refractivity contribution >= 4 is 23.2 Å². The number of nitrogen functional groups attached to an aromatic ring is 1. The lowest BCUT2D eigenvalue weighted by Gasteiger charge is -2.14. The van der Waals surface area contributed by atoms with Gasteiger partial charge in [0.1, 0.15) is 0 Å². The van der Waals surface area contributed by atoms with Gasteiger partial charge in [-0.1, -0.05) is 11.6 Å². The SMILES string of the molecule is COC1CCC(NC(=O)c2cc(Cl)ccc2N)C1. The molecule has 0 bridgehead atoms. The minimum absolute atomic E-state index is 0.154. The van der Waals surface area contributed by atoms with Gasteiger partial charge in [-0.2, -0.15) is 0 Å². The van der Waals surface area contributed by atoms with Gasteiger partial charge in [0.15, 0.2) is 0 Å². The Bertz CT molecular complexity index is 451. The zero-order valence-electron chi connectivity index (χ0n) is 10.3. The number of ether oxygens (including phenoxy) is 1. The first-order valence-corrected chi connectivity index (χ1v) is 6.36. The minimum Gasteiger partial charge on any atom is -0.398 e. The number of halogens is 1. The van der Waals surface area contributed by atoms with Crippen molar-refractivity contribution in [2.75, 3.05) is 12.8 Å². The Morgan fingerprint density at radius 1 is 1.50 bits per heavy atom. The monoisotopic (exact) mass is 268 g/mol. The predicted molar refractivity (Wildman–Crippen MR) is 71.8 cm³/mol. The van der Waals surface area contributed by atoms with Gasteiger partial charge >= 0.3 is 0 Å². The molecule has 3 N–H and O–H groups in total. The third-order valence-electron chi connectivity index (χ3n) is 3.31. The van der Waals surface area contributed by atoms with E-state index in [1.165, 1.54) is 0 Å². The van der Waals surface area contributed by atoms with Gasteiger partial charge in [-0.05, 0) is 37.5 Å². The molecule has 0 spiro atoms. The molecule has 98 valence electrons.